The number of carbonyl (C=O) groups is 3. The van der Waals surface area contributed by atoms with E-state index in [0.717, 1.165) is 101 Å². The Balaban J connectivity index is 6.92. The van der Waals surface area contributed by atoms with Gasteiger partial charge in [0.2, 0.25) is 17.7 Å². The zero-order valence-corrected chi connectivity index (χ0v) is 69.9. The van der Waals surface area contributed by atoms with Crippen LogP contribution in [0.1, 0.15) is 426 Å². The van der Waals surface area contributed by atoms with Gasteiger partial charge in [0, 0.05) is 31.7 Å². The molecule has 0 heterocycles. The van der Waals surface area contributed by atoms with Crippen molar-refractivity contribution in [3.63, 3.8) is 0 Å². The van der Waals surface area contributed by atoms with Gasteiger partial charge in [-0.2, -0.15) is 0 Å². The van der Waals surface area contributed by atoms with Crippen LogP contribution in [0.25, 0.3) is 0 Å². The Hall–Kier alpha value is -1.77. The number of amides is 3. The predicted molar refractivity (Wildman–Crippen MR) is 434 cm³/mol. The minimum atomic E-state index is -4.40. The van der Waals surface area contributed by atoms with Crippen LogP contribution in [0.2, 0.25) is 6.04 Å². The lowest BCUT2D eigenvalue weighted by Crippen LogP contribution is -2.65. The number of hydrogen-bond acceptors (Lipinski definition) is 12. The zero-order valence-electron chi connectivity index (χ0n) is 68.9. The maximum atomic E-state index is 13.9. The second-order valence-electron chi connectivity index (χ2n) is 32.5. The fourth-order valence-corrected chi connectivity index (χ4v) is 17.2. The number of nitrogens with zero attached hydrogens (tertiary/aromatic N) is 1. The van der Waals surface area contributed by atoms with Crippen LogP contribution >= 0.6 is 0 Å². The fraction of sp³-hybridized carbons (Fsp3) is 0.965. The molecule has 0 unspecified atom stereocenters. The Morgan fingerprint density at radius 2 is 0.427 bits per heavy atom. The zero-order chi connectivity index (χ0) is 75.8. The van der Waals surface area contributed by atoms with Crippen LogP contribution in [-0.2, 0) is 27.7 Å². The van der Waals surface area contributed by atoms with Gasteiger partial charge in [0.05, 0.1) is 86.1 Å². The normalized spacial score (nSPS) is 12.5. The van der Waals surface area contributed by atoms with E-state index in [1.165, 1.54) is 263 Å². The average molecular weight is 1490 g/mol. The van der Waals surface area contributed by atoms with Crippen molar-refractivity contribution in [2.24, 2.45) is 0 Å². The van der Waals surface area contributed by atoms with Crippen LogP contribution in [0, 0.1) is 0 Å². The van der Waals surface area contributed by atoms with E-state index in [4.69, 9.17) is 13.3 Å². The third-order valence-corrected chi connectivity index (χ3v) is 24.8. The van der Waals surface area contributed by atoms with E-state index in [-0.39, 0.29) is 43.0 Å². The topological polar surface area (TPSA) is 236 Å². The van der Waals surface area contributed by atoms with Gasteiger partial charge in [0.1, 0.15) is 16.6 Å². The molecule has 0 aliphatic carbocycles. The number of carbonyl (C=O) groups excluding carboxylic acids is 3. The molecule has 16 nitrogen and oxygen atoms in total. The minimum Gasteiger partial charge on any atom is -0.394 e. The molecule has 0 atom stereocenters. The third-order valence-electron chi connectivity index (χ3n) is 22.0. The number of nitrogens with one attached hydrogen (secondary N) is 3. The lowest BCUT2D eigenvalue weighted by atomic mass is 10.0. The van der Waals surface area contributed by atoms with E-state index >= 15 is 0 Å². The summed E-state index contributed by atoms with van der Waals surface area (Å²) in [5.41, 5.74) is -5.09. The van der Waals surface area contributed by atoms with Crippen LogP contribution in [0.15, 0.2) is 0 Å². The Morgan fingerprint density at radius 3 is 0.612 bits per heavy atom. The molecule has 614 valence electrons. The second kappa shape index (κ2) is 71.8. The first-order valence-electron chi connectivity index (χ1n) is 44.5. The van der Waals surface area contributed by atoms with E-state index < -0.39 is 84.9 Å². The van der Waals surface area contributed by atoms with Gasteiger partial charge in [0.25, 0.3) is 0 Å². The van der Waals surface area contributed by atoms with Gasteiger partial charge in [-0.1, -0.05) is 356 Å². The summed E-state index contributed by atoms with van der Waals surface area (Å²) in [5, 5.41) is 76.2. The number of aliphatic hydroxyl groups excluding tert-OH is 6. The Labute approximate surface area is 637 Å². The molecule has 17 heteroatoms. The van der Waals surface area contributed by atoms with Crippen LogP contribution in [0.4, 0.5) is 0 Å². The van der Waals surface area contributed by atoms with Crippen molar-refractivity contribution in [2.45, 2.75) is 449 Å². The molecule has 0 radical (unpaired) electrons. The monoisotopic (exact) mass is 1480 g/mol. The summed E-state index contributed by atoms with van der Waals surface area (Å²) in [4.78, 5) is 41.8. The summed E-state index contributed by atoms with van der Waals surface area (Å²) in [6.07, 6.45) is 68.9. The molecule has 0 aliphatic heterocycles. The van der Waals surface area contributed by atoms with Gasteiger partial charge >= 0.3 is 8.80 Å². The molecular formula is C86H175N4O12Si+. The van der Waals surface area contributed by atoms with Crippen LogP contribution in [0.3, 0.4) is 0 Å². The molecule has 0 aromatic rings. The molecule has 3 amide bonds. The van der Waals surface area contributed by atoms with Gasteiger partial charge in [-0.05, 0) is 44.9 Å². The molecule has 9 N–H and O–H groups in total. The Kier molecular flexibility index (Phi) is 70.6. The summed E-state index contributed by atoms with van der Waals surface area (Å²) in [7, 11) is -2.09. The summed E-state index contributed by atoms with van der Waals surface area (Å²) >= 11 is 0. The highest BCUT2D eigenvalue weighted by Gasteiger charge is 2.49. The second-order valence-corrected chi connectivity index (χ2v) is 35.2. The number of rotatable bonds is 84. The van der Waals surface area contributed by atoms with E-state index in [1.807, 2.05) is 0 Å². The summed E-state index contributed by atoms with van der Waals surface area (Å²) in [6.45, 7) is 8.34. The molecule has 0 saturated carbocycles. The van der Waals surface area contributed by atoms with Crippen molar-refractivity contribution >= 4 is 26.5 Å². The maximum absolute atomic E-state index is 13.9. The van der Waals surface area contributed by atoms with E-state index in [0.29, 0.717) is 32.2 Å². The van der Waals surface area contributed by atoms with Crippen LogP contribution < -0.4 is 16.0 Å². The molecular weight excluding hydrogens is 1310 g/mol. The largest absolute Gasteiger partial charge is 0.501 e. The first-order chi connectivity index (χ1) is 50.2. The van der Waals surface area contributed by atoms with E-state index in [9.17, 15) is 45.0 Å². The highest BCUT2D eigenvalue weighted by Crippen LogP contribution is 2.28. The van der Waals surface area contributed by atoms with Crippen molar-refractivity contribution in [3.05, 3.63) is 0 Å². The van der Waals surface area contributed by atoms with Gasteiger partial charge in [0.15, 0.2) is 0 Å². The van der Waals surface area contributed by atoms with Crippen molar-refractivity contribution in [3.8, 4) is 0 Å². The SMILES string of the molecule is CCCCCCCCCCCCCCCCCC(=O)NC(CO)(CO)CO[Si](CCC[N+](C)(CCCCCCCC)CCCCCCCC)(OCC(CO)(CO)NC(=O)CCCCCCCCCCCCCCCCC)OCC(CO)(CO)NC(=O)CCCCCCCCCCCCCCCCC. The molecule has 0 saturated heterocycles. The average Bonchev–Trinajstić information content (AvgIpc) is 0.812. The summed E-state index contributed by atoms with van der Waals surface area (Å²) in [6, 6.07) is 0.133. The van der Waals surface area contributed by atoms with Gasteiger partial charge < -0.3 is 64.4 Å². The molecule has 0 aromatic heterocycles. The molecule has 0 aromatic carbocycles. The summed E-state index contributed by atoms with van der Waals surface area (Å²) < 4.78 is 21.8. The molecule has 0 rings (SSSR count). The van der Waals surface area contributed by atoms with Gasteiger partial charge in [-0.3, -0.25) is 14.4 Å². The first-order valence-corrected chi connectivity index (χ1v) is 46.4. The Bertz CT molecular complexity index is 1660. The lowest BCUT2D eigenvalue weighted by molar-refractivity contribution is -0.910. The van der Waals surface area contributed by atoms with Gasteiger partial charge in [-0.15, -0.1) is 0 Å². The predicted octanol–water partition coefficient (Wildman–Crippen LogP) is 19.8. The quantitative estimate of drug-likeness (QED) is 0.0157. The van der Waals surface area contributed by atoms with Crippen molar-refractivity contribution in [1.29, 1.82) is 0 Å². The van der Waals surface area contributed by atoms with Crippen LogP contribution in [-0.4, -0.2) is 164 Å². The van der Waals surface area contributed by atoms with Gasteiger partial charge in [-0.25, -0.2) is 0 Å². The summed E-state index contributed by atoms with van der Waals surface area (Å²) in [5.74, 6) is -1.04. The van der Waals surface area contributed by atoms with E-state index in [1.54, 1.807) is 0 Å². The smallest absolute Gasteiger partial charge is 0.394 e. The maximum Gasteiger partial charge on any atom is 0.501 e. The molecule has 103 heavy (non-hydrogen) atoms. The number of quaternary nitrogens is 1. The molecule has 0 fully saturated rings. The standard InChI is InChI=1S/C86H174N4O12Si/c1-7-12-17-22-27-30-33-36-39-42-45-48-51-54-59-65-81(97)87-84(72-91,73-92)78-100-103(71-64-70-90(6,68-62-57-25-20-15-10-4)69-63-58-26-21-16-11-5,101-79-85(74-93,75-94)88-82(98)66-60-55-52-49-46-43-40-37-34-31-28-23-18-13-8-2)102-80-86(76-95,77-96)89-83(99)67-61-56-53-50-47-44-41-38-35-32-29-24-19-14-9-3/h91-96H,7-80H2,1-6H3,(H2-,87,88,89,97,98,99)/p+1. The molecule has 0 bridgehead atoms. The van der Waals surface area contributed by atoms with Crippen molar-refractivity contribution in [1.82, 2.24) is 16.0 Å². The van der Waals surface area contributed by atoms with Crippen molar-refractivity contribution in [2.75, 3.05) is 86.1 Å². The minimum absolute atomic E-state index is 0.133. The number of unbranched alkanes of at least 4 members (excludes halogenated alkanes) is 52. The number of hydrogen-bond donors (Lipinski definition) is 9. The molecule has 0 spiro atoms. The Morgan fingerprint density at radius 1 is 0.262 bits per heavy atom. The lowest BCUT2D eigenvalue weighted by Gasteiger charge is -2.41. The first kappa shape index (κ1) is 101. The third kappa shape index (κ3) is 57.9. The van der Waals surface area contributed by atoms with Crippen molar-refractivity contribution < 1.29 is 62.8 Å². The fourth-order valence-electron chi connectivity index (χ4n) is 14.5. The highest BCUT2D eigenvalue weighted by molar-refractivity contribution is 6.60. The number of aliphatic hydroxyl groups is 6. The molecule has 0 aliphatic rings. The van der Waals surface area contributed by atoms with Crippen LogP contribution in [0.5, 0.6) is 0 Å². The van der Waals surface area contributed by atoms with E-state index in [2.05, 4.69) is 57.6 Å². The highest BCUT2D eigenvalue weighted by atomic mass is 28.4.